The van der Waals surface area contributed by atoms with Crippen molar-refractivity contribution < 1.29 is 24.8 Å². The largest absolute Gasteiger partial charge is 0.388 e. The zero-order valence-electron chi connectivity index (χ0n) is 13.2. The van der Waals surface area contributed by atoms with Crippen molar-refractivity contribution >= 4 is 18.4 Å². The van der Waals surface area contributed by atoms with Crippen LogP contribution in [0.3, 0.4) is 0 Å². The van der Waals surface area contributed by atoms with Crippen molar-refractivity contribution in [1.29, 1.82) is 0 Å². The normalized spacial score (nSPS) is 36.1. The molecule has 0 aromatic heterocycles. The number of aliphatic hydroxyl groups excluding tert-OH is 3. The Morgan fingerprint density at radius 2 is 1.65 bits per heavy atom. The Morgan fingerprint density at radius 1 is 1.10 bits per heavy atom. The third kappa shape index (κ3) is 3.97. The molecule has 1 rings (SSSR count). The second kappa shape index (κ2) is 6.64. The third-order valence-electron chi connectivity index (χ3n) is 4.32. The van der Waals surface area contributed by atoms with Crippen LogP contribution in [0.2, 0.25) is 18.1 Å². The lowest BCUT2D eigenvalue weighted by molar-refractivity contribution is -0.284. The van der Waals surface area contributed by atoms with E-state index in [0.29, 0.717) is 5.75 Å². The molecule has 120 valence electrons. The van der Waals surface area contributed by atoms with Crippen molar-refractivity contribution in [2.75, 3.05) is 12.9 Å². The number of rotatable bonds is 4. The first-order valence-electron chi connectivity index (χ1n) is 6.87. The van der Waals surface area contributed by atoms with Crippen LogP contribution in [0, 0.1) is 0 Å². The second-order valence-electron chi connectivity index (χ2n) is 6.82. The molecule has 1 saturated heterocycles. The molecule has 0 unspecified atom stereocenters. The van der Waals surface area contributed by atoms with E-state index in [2.05, 4.69) is 33.9 Å². The van der Waals surface area contributed by atoms with Crippen LogP contribution >= 0.6 is 11.2 Å². The summed E-state index contributed by atoms with van der Waals surface area (Å²) in [5, 5.41) is 29.8. The number of hydrogen-bond donors (Lipinski definition) is 3. The van der Waals surface area contributed by atoms with E-state index < -0.39 is 37.9 Å². The highest BCUT2D eigenvalue weighted by atomic mass is 32.4. The number of aliphatic hydroxyl groups is 3. The van der Waals surface area contributed by atoms with E-state index in [1.807, 2.05) is 11.2 Å². The number of methoxy groups -OCH3 is 1. The Labute approximate surface area is 126 Å². The summed E-state index contributed by atoms with van der Waals surface area (Å²) in [5.74, 6) is 0.585. The standard InChI is InChI=1S/C13H28O5SSi/c1-13(2,3)20(5,6)19-7-8-9(14)10(15)11(16)12(17-4)18-8/h8-12,14-16H,7H2,1-6H3/t8-,9+,10+,11-,12+/m1/s1. The highest BCUT2D eigenvalue weighted by Gasteiger charge is 2.45. The van der Waals surface area contributed by atoms with Crippen molar-refractivity contribution in [3.05, 3.63) is 0 Å². The topological polar surface area (TPSA) is 79.2 Å². The Balaban J connectivity index is 2.68. The molecule has 20 heavy (non-hydrogen) atoms. The summed E-state index contributed by atoms with van der Waals surface area (Å²) >= 11 is 1.82. The van der Waals surface area contributed by atoms with Crippen LogP contribution in [0.25, 0.3) is 0 Å². The summed E-state index contributed by atoms with van der Waals surface area (Å²) < 4.78 is 10.6. The van der Waals surface area contributed by atoms with Gasteiger partial charge in [-0.05, 0) is 5.04 Å². The van der Waals surface area contributed by atoms with Crippen molar-refractivity contribution in [1.82, 2.24) is 0 Å². The third-order valence-corrected chi connectivity index (χ3v) is 13.6. The zero-order chi connectivity index (χ0) is 15.7. The molecule has 5 atom stereocenters. The van der Waals surface area contributed by atoms with E-state index in [9.17, 15) is 15.3 Å². The average Bonchev–Trinajstić information content (AvgIpc) is 2.34. The Bertz CT molecular complexity index is 318. The van der Waals surface area contributed by atoms with Crippen LogP contribution in [-0.2, 0) is 9.47 Å². The second-order valence-corrected chi connectivity index (χ2v) is 15.9. The highest BCUT2D eigenvalue weighted by molar-refractivity contribution is 8.29. The SMILES string of the molecule is CO[C@H]1O[C@H](CS[Si](C)(C)C(C)(C)C)[C@H](O)[C@H](O)[C@H]1O. The van der Waals surface area contributed by atoms with Gasteiger partial charge in [-0.2, -0.15) is 11.2 Å². The molecule has 0 bridgehead atoms. The minimum Gasteiger partial charge on any atom is -0.388 e. The summed E-state index contributed by atoms with van der Waals surface area (Å²) in [7, 11) is -0.136. The van der Waals surface area contributed by atoms with E-state index >= 15 is 0 Å². The van der Waals surface area contributed by atoms with Gasteiger partial charge in [0.25, 0.3) is 0 Å². The first kappa shape index (κ1) is 18.4. The first-order valence-corrected chi connectivity index (χ1v) is 11.6. The van der Waals surface area contributed by atoms with Crippen LogP contribution in [0.5, 0.6) is 0 Å². The molecule has 1 aliphatic rings. The predicted molar refractivity (Wildman–Crippen MR) is 83.3 cm³/mol. The molecule has 1 heterocycles. The van der Waals surface area contributed by atoms with E-state index in [-0.39, 0.29) is 5.04 Å². The van der Waals surface area contributed by atoms with Crippen LogP contribution in [0.1, 0.15) is 20.8 Å². The van der Waals surface area contributed by atoms with Gasteiger partial charge in [0.05, 0.1) is 6.10 Å². The zero-order valence-corrected chi connectivity index (χ0v) is 15.0. The monoisotopic (exact) mass is 324 g/mol. The van der Waals surface area contributed by atoms with Crippen molar-refractivity contribution in [2.45, 2.75) is 69.6 Å². The van der Waals surface area contributed by atoms with Crippen LogP contribution in [-0.4, -0.2) is 66.1 Å². The van der Waals surface area contributed by atoms with Gasteiger partial charge in [-0.3, -0.25) is 0 Å². The van der Waals surface area contributed by atoms with Crippen LogP contribution in [0.4, 0.5) is 0 Å². The Morgan fingerprint density at radius 3 is 2.10 bits per heavy atom. The van der Waals surface area contributed by atoms with Crippen molar-refractivity contribution in [2.24, 2.45) is 0 Å². The lowest BCUT2D eigenvalue weighted by atomic mass is 10.00. The molecule has 1 aliphatic heterocycles. The maximum atomic E-state index is 10.0. The molecule has 0 saturated carbocycles. The molecule has 0 aromatic rings. The predicted octanol–water partition coefficient (Wildman–Crippen LogP) is 1.18. The first-order chi connectivity index (χ1) is 9.01. The maximum Gasteiger partial charge on any atom is 0.186 e. The highest BCUT2D eigenvalue weighted by Crippen LogP contribution is 2.44. The fourth-order valence-electron chi connectivity index (χ4n) is 1.76. The number of hydrogen-bond acceptors (Lipinski definition) is 6. The van der Waals surface area contributed by atoms with Crippen molar-refractivity contribution in [3.8, 4) is 0 Å². The van der Waals surface area contributed by atoms with Gasteiger partial charge in [-0.15, -0.1) is 0 Å². The minimum atomic E-state index is -1.55. The molecular weight excluding hydrogens is 296 g/mol. The molecule has 0 aliphatic carbocycles. The molecule has 1 fully saturated rings. The van der Waals surface area contributed by atoms with Gasteiger partial charge in [0, 0.05) is 12.9 Å². The van der Waals surface area contributed by atoms with Gasteiger partial charge in [-0.1, -0.05) is 33.9 Å². The summed E-state index contributed by atoms with van der Waals surface area (Å²) in [5.41, 5.74) is 0. The van der Waals surface area contributed by atoms with Gasteiger partial charge >= 0.3 is 0 Å². The Kier molecular flexibility index (Phi) is 6.11. The summed E-state index contributed by atoms with van der Waals surface area (Å²) in [6.45, 7) is 11.2. The van der Waals surface area contributed by atoms with E-state index in [0.717, 1.165) is 0 Å². The molecule has 0 amide bonds. The van der Waals surface area contributed by atoms with E-state index in [1.165, 1.54) is 7.11 Å². The van der Waals surface area contributed by atoms with Gasteiger partial charge in [0.15, 0.2) is 6.29 Å². The summed E-state index contributed by atoms with van der Waals surface area (Å²) in [6.07, 6.45) is -4.97. The van der Waals surface area contributed by atoms with Crippen molar-refractivity contribution in [3.63, 3.8) is 0 Å². The summed E-state index contributed by atoms with van der Waals surface area (Å²) in [4.78, 5) is 0. The molecule has 0 spiro atoms. The molecule has 5 nitrogen and oxygen atoms in total. The maximum absolute atomic E-state index is 10.0. The minimum absolute atomic E-state index is 0.232. The molecule has 0 aromatic carbocycles. The smallest absolute Gasteiger partial charge is 0.186 e. The van der Waals surface area contributed by atoms with Gasteiger partial charge in [-0.25, -0.2) is 0 Å². The fraction of sp³-hybridized carbons (Fsp3) is 1.00. The average molecular weight is 325 g/mol. The molecule has 0 radical (unpaired) electrons. The van der Waals surface area contributed by atoms with Gasteiger partial charge in [0.2, 0.25) is 0 Å². The van der Waals surface area contributed by atoms with Gasteiger partial charge < -0.3 is 24.8 Å². The Hall–Kier alpha value is 0.367. The molecule has 3 N–H and O–H groups in total. The number of ether oxygens (including phenoxy) is 2. The lowest BCUT2D eigenvalue weighted by Gasteiger charge is -2.42. The van der Waals surface area contributed by atoms with Crippen LogP contribution in [0.15, 0.2) is 0 Å². The lowest BCUT2D eigenvalue weighted by Crippen LogP contribution is -2.59. The van der Waals surface area contributed by atoms with Gasteiger partial charge in [0.1, 0.15) is 25.5 Å². The summed E-state index contributed by atoms with van der Waals surface area (Å²) in [6, 6.07) is 0. The molecular formula is C13H28O5SSi. The van der Waals surface area contributed by atoms with E-state index in [4.69, 9.17) is 9.47 Å². The quantitative estimate of drug-likeness (QED) is 0.674. The molecule has 7 heteroatoms. The van der Waals surface area contributed by atoms with E-state index in [1.54, 1.807) is 0 Å². The van der Waals surface area contributed by atoms with Crippen LogP contribution < -0.4 is 0 Å². The fourth-order valence-corrected chi connectivity index (χ4v) is 6.09.